The molecular weight excluding hydrogens is 317 g/mol. The summed E-state index contributed by atoms with van der Waals surface area (Å²) in [6, 6.07) is 8.03. The normalized spacial score (nSPS) is 17.9. The van der Waals surface area contributed by atoms with Gasteiger partial charge in [0.15, 0.2) is 0 Å². The van der Waals surface area contributed by atoms with Gasteiger partial charge in [-0.3, -0.25) is 0 Å². The van der Waals surface area contributed by atoms with Crippen LogP contribution >= 0.6 is 35.8 Å². The predicted molar refractivity (Wildman–Crippen MR) is 82.5 cm³/mol. The molecule has 20 heavy (non-hydrogen) atoms. The lowest BCUT2D eigenvalue weighted by atomic mass is 10.2. The second-order valence-electron chi connectivity index (χ2n) is 4.47. The molecule has 1 fully saturated rings. The van der Waals surface area contributed by atoms with Crippen LogP contribution in [-0.2, 0) is 5.75 Å². The Morgan fingerprint density at radius 1 is 1.40 bits per heavy atom. The standard InChI is InChI=1S/C13H14ClN3OS.ClH/c14-10-4-1-3-9(7-10)8-19-13-17-16-12(18-13)11-5-2-6-15-11;/h1,3-4,7,11,15H,2,5-6,8H2;1H. The highest BCUT2D eigenvalue weighted by atomic mass is 35.5. The number of halogens is 2. The van der Waals surface area contributed by atoms with Gasteiger partial charge >= 0.3 is 0 Å². The number of hydrogen-bond acceptors (Lipinski definition) is 5. The number of nitrogens with one attached hydrogen (secondary N) is 1. The first-order valence-electron chi connectivity index (χ1n) is 6.25. The summed E-state index contributed by atoms with van der Waals surface area (Å²) in [4.78, 5) is 0. The molecule has 1 atom stereocenters. The highest BCUT2D eigenvalue weighted by molar-refractivity contribution is 7.98. The number of rotatable bonds is 4. The van der Waals surface area contributed by atoms with Gasteiger partial charge in [0.05, 0.1) is 6.04 Å². The van der Waals surface area contributed by atoms with E-state index in [-0.39, 0.29) is 18.4 Å². The fraction of sp³-hybridized carbons (Fsp3) is 0.385. The van der Waals surface area contributed by atoms with E-state index in [1.54, 1.807) is 0 Å². The third-order valence-electron chi connectivity index (χ3n) is 3.03. The number of hydrogen-bond donors (Lipinski definition) is 1. The Balaban J connectivity index is 0.00000147. The van der Waals surface area contributed by atoms with Crippen molar-refractivity contribution in [2.75, 3.05) is 6.54 Å². The summed E-state index contributed by atoms with van der Waals surface area (Å²) in [7, 11) is 0. The molecule has 1 aliphatic heterocycles. The van der Waals surface area contributed by atoms with Crippen molar-refractivity contribution in [1.82, 2.24) is 15.5 Å². The molecule has 0 amide bonds. The SMILES string of the molecule is Cl.Clc1cccc(CSc2nnc(C3CCCN3)o2)c1. The average Bonchev–Trinajstić information content (AvgIpc) is 3.07. The second kappa shape index (κ2) is 7.31. The van der Waals surface area contributed by atoms with Crippen molar-refractivity contribution in [3.05, 3.63) is 40.7 Å². The zero-order chi connectivity index (χ0) is 13.1. The van der Waals surface area contributed by atoms with Crippen molar-refractivity contribution in [1.29, 1.82) is 0 Å². The Kier molecular flexibility index (Phi) is 5.72. The maximum Gasteiger partial charge on any atom is 0.276 e. The van der Waals surface area contributed by atoms with Gasteiger partial charge in [0.25, 0.3) is 5.22 Å². The molecular formula is C13H15Cl2N3OS. The number of nitrogens with zero attached hydrogens (tertiary/aromatic N) is 2. The lowest BCUT2D eigenvalue weighted by molar-refractivity contribution is 0.374. The van der Waals surface area contributed by atoms with Crippen molar-refractivity contribution < 1.29 is 4.42 Å². The molecule has 1 unspecified atom stereocenters. The quantitative estimate of drug-likeness (QED) is 0.862. The number of benzene rings is 1. The number of thioether (sulfide) groups is 1. The van der Waals surface area contributed by atoms with Crippen LogP contribution in [0, 0.1) is 0 Å². The fourth-order valence-electron chi connectivity index (χ4n) is 2.09. The lowest BCUT2D eigenvalue weighted by Crippen LogP contribution is -2.12. The minimum absolute atomic E-state index is 0. The van der Waals surface area contributed by atoms with E-state index >= 15 is 0 Å². The van der Waals surface area contributed by atoms with E-state index in [1.807, 2.05) is 24.3 Å². The molecule has 1 aromatic carbocycles. The van der Waals surface area contributed by atoms with E-state index in [2.05, 4.69) is 15.5 Å². The van der Waals surface area contributed by atoms with Gasteiger partial charge in [0, 0.05) is 10.8 Å². The Morgan fingerprint density at radius 3 is 3.05 bits per heavy atom. The summed E-state index contributed by atoms with van der Waals surface area (Å²) < 4.78 is 5.66. The molecule has 3 rings (SSSR count). The van der Waals surface area contributed by atoms with Gasteiger partial charge in [0.2, 0.25) is 5.89 Å². The molecule has 0 bridgehead atoms. The molecule has 2 aromatic rings. The maximum absolute atomic E-state index is 5.95. The highest BCUT2D eigenvalue weighted by Gasteiger charge is 2.22. The summed E-state index contributed by atoms with van der Waals surface area (Å²) in [5, 5.41) is 12.9. The molecule has 7 heteroatoms. The van der Waals surface area contributed by atoms with Gasteiger partial charge in [0.1, 0.15) is 0 Å². The zero-order valence-corrected chi connectivity index (χ0v) is 13.1. The molecule has 4 nitrogen and oxygen atoms in total. The molecule has 0 radical (unpaired) electrons. The maximum atomic E-state index is 5.95. The van der Waals surface area contributed by atoms with Crippen LogP contribution in [0.2, 0.25) is 5.02 Å². The Morgan fingerprint density at radius 2 is 2.30 bits per heavy atom. The third-order valence-corrected chi connectivity index (χ3v) is 4.16. The van der Waals surface area contributed by atoms with E-state index in [9.17, 15) is 0 Å². The van der Waals surface area contributed by atoms with Crippen LogP contribution in [0.3, 0.4) is 0 Å². The molecule has 108 valence electrons. The topological polar surface area (TPSA) is 51.0 Å². The van der Waals surface area contributed by atoms with E-state index in [0.29, 0.717) is 11.1 Å². The molecule has 0 spiro atoms. The van der Waals surface area contributed by atoms with Gasteiger partial charge in [-0.05, 0) is 37.1 Å². The van der Waals surface area contributed by atoms with Crippen molar-refractivity contribution in [3.8, 4) is 0 Å². The van der Waals surface area contributed by atoms with Gasteiger partial charge in [-0.15, -0.1) is 22.6 Å². The molecule has 1 aromatic heterocycles. The number of aromatic nitrogens is 2. The van der Waals surface area contributed by atoms with Gasteiger partial charge in [-0.2, -0.15) is 0 Å². The monoisotopic (exact) mass is 331 g/mol. The zero-order valence-electron chi connectivity index (χ0n) is 10.7. The third kappa shape index (κ3) is 3.88. The summed E-state index contributed by atoms with van der Waals surface area (Å²) >= 11 is 7.48. The van der Waals surface area contributed by atoms with Crippen LogP contribution in [0.4, 0.5) is 0 Å². The second-order valence-corrected chi connectivity index (χ2v) is 5.84. The highest BCUT2D eigenvalue weighted by Crippen LogP contribution is 2.27. The molecule has 0 saturated carbocycles. The summed E-state index contributed by atoms with van der Waals surface area (Å²) in [6.45, 7) is 1.03. The van der Waals surface area contributed by atoms with Crippen LogP contribution in [0.5, 0.6) is 0 Å². The Hall–Kier alpha value is -0.750. The average molecular weight is 332 g/mol. The van der Waals surface area contributed by atoms with Crippen LogP contribution in [0.25, 0.3) is 0 Å². The molecule has 1 aliphatic rings. The van der Waals surface area contributed by atoms with E-state index < -0.39 is 0 Å². The van der Waals surface area contributed by atoms with Crippen LogP contribution in [0.1, 0.15) is 30.3 Å². The molecule has 1 saturated heterocycles. The van der Waals surface area contributed by atoms with Crippen LogP contribution < -0.4 is 5.32 Å². The predicted octanol–water partition coefficient (Wildman–Crippen LogP) is 3.86. The summed E-state index contributed by atoms with van der Waals surface area (Å²) in [5.41, 5.74) is 1.15. The van der Waals surface area contributed by atoms with Crippen molar-refractivity contribution >= 4 is 35.8 Å². The first kappa shape index (κ1) is 15.6. The van der Waals surface area contributed by atoms with Gasteiger partial charge in [-0.1, -0.05) is 35.5 Å². The summed E-state index contributed by atoms with van der Waals surface area (Å²) in [6.07, 6.45) is 2.23. The van der Waals surface area contributed by atoms with E-state index in [4.69, 9.17) is 16.0 Å². The Bertz CT molecular complexity index is 558. The van der Waals surface area contributed by atoms with Crippen molar-refractivity contribution in [2.24, 2.45) is 0 Å². The van der Waals surface area contributed by atoms with Crippen LogP contribution in [0.15, 0.2) is 33.9 Å². The van der Waals surface area contributed by atoms with Crippen LogP contribution in [-0.4, -0.2) is 16.7 Å². The van der Waals surface area contributed by atoms with E-state index in [0.717, 1.165) is 35.7 Å². The fourth-order valence-corrected chi connectivity index (χ4v) is 3.01. The summed E-state index contributed by atoms with van der Waals surface area (Å²) in [5.74, 6) is 1.48. The van der Waals surface area contributed by atoms with Crippen molar-refractivity contribution in [3.63, 3.8) is 0 Å². The molecule has 2 heterocycles. The minimum atomic E-state index is 0. The Labute approximate surface area is 133 Å². The smallest absolute Gasteiger partial charge is 0.276 e. The van der Waals surface area contributed by atoms with Crippen molar-refractivity contribution in [2.45, 2.75) is 29.9 Å². The first-order chi connectivity index (χ1) is 9.31. The lowest BCUT2D eigenvalue weighted by Gasteiger charge is -2.02. The largest absolute Gasteiger partial charge is 0.414 e. The molecule has 0 aliphatic carbocycles. The van der Waals surface area contributed by atoms with Gasteiger partial charge in [-0.25, -0.2) is 0 Å². The van der Waals surface area contributed by atoms with E-state index in [1.165, 1.54) is 11.8 Å². The molecule has 1 N–H and O–H groups in total. The van der Waals surface area contributed by atoms with Gasteiger partial charge < -0.3 is 9.73 Å². The first-order valence-corrected chi connectivity index (χ1v) is 7.61. The minimum Gasteiger partial charge on any atom is -0.414 e.